The van der Waals surface area contributed by atoms with Crippen molar-refractivity contribution < 1.29 is 8.42 Å². The van der Waals surface area contributed by atoms with E-state index in [-0.39, 0.29) is 5.92 Å². The van der Waals surface area contributed by atoms with Crippen LogP contribution in [-0.4, -0.2) is 25.8 Å². The fourth-order valence-electron chi connectivity index (χ4n) is 3.56. The molecule has 0 aliphatic carbocycles. The first kappa shape index (κ1) is 17.5. The van der Waals surface area contributed by atoms with E-state index in [0.29, 0.717) is 18.0 Å². The maximum atomic E-state index is 13.1. The van der Waals surface area contributed by atoms with Crippen LogP contribution in [0.15, 0.2) is 66.1 Å². The van der Waals surface area contributed by atoms with Crippen molar-refractivity contribution in [2.24, 2.45) is 0 Å². The number of thiophene rings is 1. The molecule has 0 bridgehead atoms. The molecule has 0 saturated carbocycles. The molecule has 0 N–H and O–H groups in total. The minimum atomic E-state index is -3.50. The molecule has 3 nitrogen and oxygen atoms in total. The van der Waals surface area contributed by atoms with Gasteiger partial charge in [-0.05, 0) is 42.5 Å². The van der Waals surface area contributed by atoms with Crippen LogP contribution in [0.2, 0.25) is 0 Å². The highest BCUT2D eigenvalue weighted by Gasteiger charge is 2.31. The number of sulfonamides is 1. The van der Waals surface area contributed by atoms with E-state index < -0.39 is 10.0 Å². The van der Waals surface area contributed by atoms with Gasteiger partial charge in [-0.1, -0.05) is 42.0 Å². The first-order chi connectivity index (χ1) is 12.5. The molecule has 0 amide bonds. The second-order valence-corrected chi connectivity index (χ2v) is 9.73. The molecule has 2 heterocycles. The average Bonchev–Trinajstić information content (AvgIpc) is 2.90. The Bertz CT molecular complexity index is 1070. The van der Waals surface area contributed by atoms with E-state index in [1.54, 1.807) is 27.8 Å². The van der Waals surface area contributed by atoms with Gasteiger partial charge in [0.2, 0.25) is 10.0 Å². The van der Waals surface area contributed by atoms with Gasteiger partial charge in [0.25, 0.3) is 0 Å². The first-order valence-electron chi connectivity index (χ1n) is 8.70. The quantitative estimate of drug-likeness (QED) is 0.613. The second kappa shape index (κ2) is 6.65. The third kappa shape index (κ3) is 2.90. The number of rotatable bonds is 3. The Balaban J connectivity index is 1.73. The minimum absolute atomic E-state index is 0.0186. The summed E-state index contributed by atoms with van der Waals surface area (Å²) in [6.45, 7) is 6.88. The SMILES string of the molecule is C=C[C@@H]1CN(S(=O)(=O)c2ccc(C)cc2)CCc2c1sc1ccccc21. The van der Waals surface area contributed by atoms with Crippen LogP contribution in [0.4, 0.5) is 0 Å². The van der Waals surface area contributed by atoms with Gasteiger partial charge >= 0.3 is 0 Å². The molecule has 3 aromatic rings. The molecule has 2 aromatic carbocycles. The number of fused-ring (bicyclic) bond motifs is 3. The highest BCUT2D eigenvalue weighted by atomic mass is 32.2. The Morgan fingerprint density at radius 2 is 1.88 bits per heavy atom. The van der Waals surface area contributed by atoms with Crippen molar-refractivity contribution in [1.29, 1.82) is 0 Å². The van der Waals surface area contributed by atoms with Crippen LogP contribution < -0.4 is 0 Å². The summed E-state index contributed by atoms with van der Waals surface area (Å²) >= 11 is 1.76. The van der Waals surface area contributed by atoms with Crippen LogP contribution in [-0.2, 0) is 16.4 Å². The Morgan fingerprint density at radius 3 is 2.62 bits per heavy atom. The zero-order chi connectivity index (χ0) is 18.3. The van der Waals surface area contributed by atoms with Crippen molar-refractivity contribution in [1.82, 2.24) is 4.31 Å². The molecule has 1 aliphatic heterocycles. The van der Waals surface area contributed by atoms with E-state index in [9.17, 15) is 8.42 Å². The van der Waals surface area contributed by atoms with E-state index >= 15 is 0 Å². The highest BCUT2D eigenvalue weighted by Crippen LogP contribution is 2.39. The molecule has 0 spiro atoms. The lowest BCUT2D eigenvalue weighted by Crippen LogP contribution is -2.34. The van der Waals surface area contributed by atoms with E-state index in [0.717, 1.165) is 12.0 Å². The lowest BCUT2D eigenvalue weighted by atomic mass is 10.0. The number of hydrogen-bond donors (Lipinski definition) is 0. The van der Waals surface area contributed by atoms with Crippen LogP contribution in [0, 0.1) is 6.92 Å². The predicted octanol–water partition coefficient (Wildman–Crippen LogP) is 4.73. The molecule has 0 unspecified atom stereocenters. The number of benzene rings is 2. The Labute approximate surface area is 158 Å². The van der Waals surface area contributed by atoms with Gasteiger partial charge < -0.3 is 0 Å². The van der Waals surface area contributed by atoms with Gasteiger partial charge in [-0.25, -0.2) is 8.42 Å². The third-order valence-electron chi connectivity index (χ3n) is 5.02. The Morgan fingerprint density at radius 1 is 1.15 bits per heavy atom. The van der Waals surface area contributed by atoms with Crippen molar-refractivity contribution in [2.45, 2.75) is 24.2 Å². The molecule has 26 heavy (non-hydrogen) atoms. The normalized spacial score (nSPS) is 18.4. The number of aryl methyl sites for hydroxylation is 1. The van der Waals surface area contributed by atoms with Crippen molar-refractivity contribution >= 4 is 31.4 Å². The summed E-state index contributed by atoms with van der Waals surface area (Å²) in [4.78, 5) is 1.61. The van der Waals surface area contributed by atoms with Crippen LogP contribution in [0.1, 0.15) is 21.9 Å². The fourth-order valence-corrected chi connectivity index (χ4v) is 6.37. The van der Waals surface area contributed by atoms with Crippen LogP contribution >= 0.6 is 11.3 Å². The molecule has 0 saturated heterocycles. The van der Waals surface area contributed by atoms with Gasteiger partial charge in [0.05, 0.1) is 4.90 Å². The first-order valence-corrected chi connectivity index (χ1v) is 11.0. The molecular weight excluding hydrogens is 362 g/mol. The van der Waals surface area contributed by atoms with Crippen molar-refractivity contribution in [3.63, 3.8) is 0 Å². The molecule has 1 atom stereocenters. The zero-order valence-electron chi connectivity index (χ0n) is 14.7. The molecule has 5 heteroatoms. The van der Waals surface area contributed by atoms with Gasteiger partial charge in [-0.15, -0.1) is 17.9 Å². The molecular formula is C21H21NO2S2. The lowest BCUT2D eigenvalue weighted by Gasteiger charge is -2.22. The molecule has 0 radical (unpaired) electrons. The van der Waals surface area contributed by atoms with Gasteiger partial charge in [0, 0.05) is 28.6 Å². The summed E-state index contributed by atoms with van der Waals surface area (Å²) in [5, 5.41) is 1.24. The van der Waals surface area contributed by atoms with Gasteiger partial charge in [0.15, 0.2) is 0 Å². The van der Waals surface area contributed by atoms with Crippen molar-refractivity contribution in [3.8, 4) is 0 Å². The third-order valence-corrected chi connectivity index (χ3v) is 8.25. The standard InChI is InChI=1S/C21H21NO2S2/c1-3-16-14-22(26(23,24)17-10-8-15(2)9-11-17)13-12-19-18-6-4-5-7-20(18)25-21(16)19/h3-11,16H,1,12-14H2,2H3/t16-/m1/s1. The van der Waals surface area contributed by atoms with Gasteiger partial charge in [-0.2, -0.15) is 4.31 Å². The van der Waals surface area contributed by atoms with Crippen LogP contribution in [0.25, 0.3) is 10.1 Å². The van der Waals surface area contributed by atoms with E-state index in [1.165, 1.54) is 20.5 Å². The molecule has 1 aliphatic rings. The molecule has 0 fully saturated rings. The molecule has 1 aromatic heterocycles. The minimum Gasteiger partial charge on any atom is -0.207 e. The Kier molecular flexibility index (Phi) is 4.47. The van der Waals surface area contributed by atoms with Gasteiger partial charge in [0.1, 0.15) is 0 Å². The van der Waals surface area contributed by atoms with Gasteiger partial charge in [-0.3, -0.25) is 0 Å². The smallest absolute Gasteiger partial charge is 0.207 e. The summed E-state index contributed by atoms with van der Waals surface area (Å²) in [5.74, 6) is 0.0186. The summed E-state index contributed by atoms with van der Waals surface area (Å²) < 4.78 is 29.2. The molecule has 134 valence electrons. The fraction of sp³-hybridized carbons (Fsp3) is 0.238. The lowest BCUT2D eigenvalue weighted by molar-refractivity contribution is 0.415. The highest BCUT2D eigenvalue weighted by molar-refractivity contribution is 7.89. The maximum Gasteiger partial charge on any atom is 0.243 e. The maximum absolute atomic E-state index is 13.1. The van der Waals surface area contributed by atoms with E-state index in [2.05, 4.69) is 24.8 Å². The largest absolute Gasteiger partial charge is 0.243 e. The summed E-state index contributed by atoms with van der Waals surface area (Å²) in [7, 11) is -3.50. The summed E-state index contributed by atoms with van der Waals surface area (Å²) in [6, 6.07) is 15.5. The van der Waals surface area contributed by atoms with Crippen LogP contribution in [0.5, 0.6) is 0 Å². The predicted molar refractivity (Wildman–Crippen MR) is 108 cm³/mol. The van der Waals surface area contributed by atoms with Crippen molar-refractivity contribution in [3.05, 3.63) is 77.2 Å². The van der Waals surface area contributed by atoms with Crippen LogP contribution in [0.3, 0.4) is 0 Å². The topological polar surface area (TPSA) is 37.4 Å². The van der Waals surface area contributed by atoms with Crippen molar-refractivity contribution in [2.75, 3.05) is 13.1 Å². The number of nitrogens with zero attached hydrogens (tertiary/aromatic N) is 1. The Hall–Kier alpha value is -1.95. The second-order valence-electron chi connectivity index (χ2n) is 6.71. The van der Waals surface area contributed by atoms with E-state index in [1.807, 2.05) is 31.2 Å². The summed E-state index contributed by atoms with van der Waals surface area (Å²) in [6.07, 6.45) is 2.62. The summed E-state index contributed by atoms with van der Waals surface area (Å²) in [5.41, 5.74) is 2.33. The number of hydrogen-bond acceptors (Lipinski definition) is 3. The monoisotopic (exact) mass is 383 g/mol. The average molecular weight is 384 g/mol. The molecule has 4 rings (SSSR count). The van der Waals surface area contributed by atoms with E-state index in [4.69, 9.17) is 0 Å². The zero-order valence-corrected chi connectivity index (χ0v) is 16.3.